The van der Waals surface area contributed by atoms with Crippen molar-refractivity contribution in [2.75, 3.05) is 19.0 Å². The summed E-state index contributed by atoms with van der Waals surface area (Å²) in [5, 5.41) is 10.2. The summed E-state index contributed by atoms with van der Waals surface area (Å²) in [7, 11) is 1.61. The average molecular weight is 345 g/mol. The molecule has 1 unspecified atom stereocenters. The first kappa shape index (κ1) is 16.1. The number of benzene rings is 1. The van der Waals surface area contributed by atoms with Gasteiger partial charge < -0.3 is 15.4 Å². The van der Waals surface area contributed by atoms with Crippen molar-refractivity contribution in [1.82, 2.24) is 5.32 Å². The number of anilines is 1. The van der Waals surface area contributed by atoms with Crippen LogP contribution in [0, 0.1) is 0 Å². The van der Waals surface area contributed by atoms with Crippen LogP contribution in [-0.4, -0.2) is 19.7 Å². The SMILES string of the molecule is COC(CNC(=O)Nc1ccc(Cl)c(Cl)c1)c1ccsc1. The third kappa shape index (κ3) is 4.61. The first-order valence-electron chi connectivity index (χ1n) is 6.15. The van der Waals surface area contributed by atoms with E-state index in [9.17, 15) is 4.79 Å². The first-order chi connectivity index (χ1) is 10.1. The van der Waals surface area contributed by atoms with Gasteiger partial charge in [-0.1, -0.05) is 23.2 Å². The van der Waals surface area contributed by atoms with Crippen LogP contribution in [0.5, 0.6) is 0 Å². The van der Waals surface area contributed by atoms with E-state index in [1.807, 2.05) is 16.8 Å². The molecule has 1 atom stereocenters. The zero-order valence-corrected chi connectivity index (χ0v) is 13.6. The number of carbonyl (C=O) groups is 1. The highest BCUT2D eigenvalue weighted by Gasteiger charge is 2.12. The molecule has 2 amide bonds. The summed E-state index contributed by atoms with van der Waals surface area (Å²) in [4.78, 5) is 11.8. The van der Waals surface area contributed by atoms with Gasteiger partial charge in [0, 0.05) is 19.3 Å². The van der Waals surface area contributed by atoms with Crippen molar-refractivity contribution in [2.24, 2.45) is 0 Å². The van der Waals surface area contributed by atoms with Gasteiger partial charge >= 0.3 is 6.03 Å². The van der Waals surface area contributed by atoms with Crippen LogP contribution < -0.4 is 10.6 Å². The van der Waals surface area contributed by atoms with Crippen LogP contribution in [-0.2, 0) is 4.74 Å². The number of urea groups is 1. The maximum atomic E-state index is 11.8. The lowest BCUT2D eigenvalue weighted by Crippen LogP contribution is -2.32. The first-order valence-corrected chi connectivity index (χ1v) is 7.85. The summed E-state index contributed by atoms with van der Waals surface area (Å²) < 4.78 is 5.36. The van der Waals surface area contributed by atoms with Crippen LogP contribution in [0.15, 0.2) is 35.0 Å². The molecular formula is C14H14Cl2N2O2S. The van der Waals surface area contributed by atoms with E-state index in [0.29, 0.717) is 22.3 Å². The Hall–Kier alpha value is -1.27. The highest BCUT2D eigenvalue weighted by molar-refractivity contribution is 7.07. The molecule has 2 aromatic rings. The molecule has 1 aromatic carbocycles. The van der Waals surface area contributed by atoms with E-state index in [-0.39, 0.29) is 12.1 Å². The molecule has 0 bridgehead atoms. The average Bonchev–Trinajstić information content (AvgIpc) is 2.98. The van der Waals surface area contributed by atoms with Crippen LogP contribution in [0.2, 0.25) is 10.0 Å². The zero-order chi connectivity index (χ0) is 15.2. The maximum Gasteiger partial charge on any atom is 0.319 e. The number of carbonyl (C=O) groups excluding carboxylic acids is 1. The highest BCUT2D eigenvalue weighted by atomic mass is 35.5. The lowest BCUT2D eigenvalue weighted by atomic mass is 10.2. The summed E-state index contributed by atoms with van der Waals surface area (Å²) in [5.74, 6) is 0. The molecule has 4 nitrogen and oxygen atoms in total. The van der Waals surface area contributed by atoms with E-state index in [1.165, 1.54) is 0 Å². The molecule has 112 valence electrons. The predicted molar refractivity (Wildman–Crippen MR) is 87.6 cm³/mol. The fraction of sp³-hybridized carbons (Fsp3) is 0.214. The Balaban J connectivity index is 1.88. The molecule has 0 aliphatic heterocycles. The Morgan fingerprint density at radius 3 is 2.76 bits per heavy atom. The second-order valence-electron chi connectivity index (χ2n) is 4.24. The minimum atomic E-state index is -0.328. The molecule has 2 N–H and O–H groups in total. The minimum Gasteiger partial charge on any atom is -0.375 e. The van der Waals surface area contributed by atoms with Gasteiger partial charge in [-0.3, -0.25) is 0 Å². The van der Waals surface area contributed by atoms with Crippen LogP contribution >= 0.6 is 34.5 Å². The molecule has 2 rings (SSSR count). The van der Waals surface area contributed by atoms with Crippen molar-refractivity contribution < 1.29 is 9.53 Å². The number of methoxy groups -OCH3 is 1. The van der Waals surface area contributed by atoms with Gasteiger partial charge in [0.1, 0.15) is 6.10 Å². The van der Waals surface area contributed by atoms with Crippen molar-refractivity contribution in [3.63, 3.8) is 0 Å². The van der Waals surface area contributed by atoms with Crippen molar-refractivity contribution in [1.29, 1.82) is 0 Å². The lowest BCUT2D eigenvalue weighted by molar-refractivity contribution is 0.105. The second kappa shape index (κ2) is 7.66. The van der Waals surface area contributed by atoms with E-state index in [4.69, 9.17) is 27.9 Å². The van der Waals surface area contributed by atoms with Gasteiger partial charge in [0.2, 0.25) is 0 Å². The molecule has 0 aliphatic carbocycles. The van der Waals surface area contributed by atoms with Gasteiger partial charge in [-0.15, -0.1) is 0 Å². The van der Waals surface area contributed by atoms with E-state index in [2.05, 4.69) is 10.6 Å². The fourth-order valence-electron chi connectivity index (χ4n) is 1.73. The Morgan fingerprint density at radius 2 is 2.14 bits per heavy atom. The fourth-order valence-corrected chi connectivity index (χ4v) is 2.73. The molecule has 0 spiro atoms. The van der Waals surface area contributed by atoms with Crippen LogP contribution in [0.1, 0.15) is 11.7 Å². The van der Waals surface area contributed by atoms with Crippen molar-refractivity contribution in [3.8, 4) is 0 Å². The maximum absolute atomic E-state index is 11.8. The monoisotopic (exact) mass is 344 g/mol. The largest absolute Gasteiger partial charge is 0.375 e. The summed E-state index contributed by atoms with van der Waals surface area (Å²) in [5.41, 5.74) is 1.61. The minimum absolute atomic E-state index is 0.171. The van der Waals surface area contributed by atoms with Gasteiger partial charge in [0.25, 0.3) is 0 Å². The summed E-state index contributed by atoms with van der Waals surface area (Å²) in [6.45, 7) is 0.375. The van der Waals surface area contributed by atoms with Crippen molar-refractivity contribution in [2.45, 2.75) is 6.10 Å². The van der Waals surface area contributed by atoms with E-state index in [0.717, 1.165) is 5.56 Å². The normalized spacial score (nSPS) is 12.0. The molecule has 0 fully saturated rings. The topological polar surface area (TPSA) is 50.4 Å². The zero-order valence-electron chi connectivity index (χ0n) is 11.2. The lowest BCUT2D eigenvalue weighted by Gasteiger charge is -2.15. The number of rotatable bonds is 5. The molecular weight excluding hydrogens is 331 g/mol. The number of hydrogen-bond donors (Lipinski definition) is 2. The van der Waals surface area contributed by atoms with E-state index in [1.54, 1.807) is 36.6 Å². The van der Waals surface area contributed by atoms with Gasteiger partial charge in [-0.25, -0.2) is 4.79 Å². The highest BCUT2D eigenvalue weighted by Crippen LogP contribution is 2.25. The molecule has 0 radical (unpaired) electrons. The Kier molecular flexibility index (Phi) is 5.87. The van der Waals surface area contributed by atoms with E-state index >= 15 is 0 Å². The van der Waals surface area contributed by atoms with Crippen molar-refractivity contribution >= 4 is 46.3 Å². The third-order valence-electron chi connectivity index (χ3n) is 2.82. The van der Waals surface area contributed by atoms with Gasteiger partial charge in [0.05, 0.1) is 10.0 Å². The smallest absolute Gasteiger partial charge is 0.319 e. The number of nitrogens with one attached hydrogen (secondary N) is 2. The van der Waals surface area contributed by atoms with Crippen molar-refractivity contribution in [3.05, 3.63) is 50.6 Å². The van der Waals surface area contributed by atoms with Crippen LogP contribution in [0.4, 0.5) is 10.5 Å². The van der Waals surface area contributed by atoms with Gasteiger partial charge in [-0.05, 0) is 40.6 Å². The third-order valence-corrected chi connectivity index (χ3v) is 4.27. The number of amides is 2. The molecule has 0 saturated carbocycles. The summed E-state index contributed by atoms with van der Waals surface area (Å²) >= 11 is 13.3. The molecule has 1 heterocycles. The quantitative estimate of drug-likeness (QED) is 0.834. The van der Waals surface area contributed by atoms with Crippen LogP contribution in [0.25, 0.3) is 0 Å². The number of thiophene rings is 1. The molecule has 1 aromatic heterocycles. The standard InChI is InChI=1S/C14H14Cl2N2O2S/c1-20-13(9-4-5-21-8-9)7-17-14(19)18-10-2-3-11(15)12(16)6-10/h2-6,8,13H,7H2,1H3,(H2,17,18,19). The van der Waals surface area contributed by atoms with Gasteiger partial charge in [-0.2, -0.15) is 11.3 Å². The molecule has 0 saturated heterocycles. The Morgan fingerprint density at radius 1 is 1.33 bits per heavy atom. The summed E-state index contributed by atoms with van der Waals surface area (Å²) in [6, 6.07) is 6.54. The predicted octanol–water partition coefficient (Wildman–Crippen LogP) is 4.56. The Labute approximate surface area is 137 Å². The van der Waals surface area contributed by atoms with Gasteiger partial charge in [0.15, 0.2) is 0 Å². The van der Waals surface area contributed by atoms with E-state index < -0.39 is 0 Å². The summed E-state index contributed by atoms with van der Waals surface area (Å²) in [6.07, 6.45) is -0.171. The second-order valence-corrected chi connectivity index (χ2v) is 5.84. The number of ether oxygens (including phenoxy) is 1. The number of halogens is 2. The molecule has 7 heteroatoms. The molecule has 0 aliphatic rings. The number of hydrogen-bond acceptors (Lipinski definition) is 3. The van der Waals surface area contributed by atoms with Crippen LogP contribution in [0.3, 0.4) is 0 Å². The molecule has 21 heavy (non-hydrogen) atoms. The Bertz CT molecular complexity index is 605.